The maximum atomic E-state index is 6.10. The highest BCUT2D eigenvalue weighted by molar-refractivity contribution is 9.10. The van der Waals surface area contributed by atoms with Crippen LogP contribution in [0.15, 0.2) is 22.7 Å². The molecule has 0 unspecified atom stereocenters. The van der Waals surface area contributed by atoms with Crippen molar-refractivity contribution in [3.05, 3.63) is 44.6 Å². The van der Waals surface area contributed by atoms with Gasteiger partial charge in [-0.3, -0.25) is 4.68 Å². The van der Waals surface area contributed by atoms with Gasteiger partial charge in [-0.25, -0.2) is 0 Å². The number of anilines is 1. The lowest BCUT2D eigenvalue weighted by molar-refractivity contribution is 0.558. The summed E-state index contributed by atoms with van der Waals surface area (Å²) in [6.07, 6.45) is 0.935. The molecule has 2 aromatic rings. The summed E-state index contributed by atoms with van der Waals surface area (Å²) in [5, 5.41) is 12.2. The average Bonchev–Trinajstić information content (AvgIpc) is 2.75. The molecule has 1 heterocycles. The molecule has 0 aliphatic rings. The van der Waals surface area contributed by atoms with Crippen molar-refractivity contribution >= 4 is 50.5 Å². The van der Waals surface area contributed by atoms with Crippen molar-refractivity contribution in [2.45, 2.75) is 33.7 Å². The summed E-state index contributed by atoms with van der Waals surface area (Å²) in [6, 6.07) is 5.80. The number of nitrogens with one attached hydrogen (secondary N) is 2. The first-order valence-electron chi connectivity index (χ1n) is 7.39. The number of rotatable bonds is 5. The quantitative estimate of drug-likeness (QED) is 0.553. The largest absolute Gasteiger partial charge is 0.362 e. The summed E-state index contributed by atoms with van der Waals surface area (Å²) in [5.41, 5.74) is 4.11. The Labute approximate surface area is 155 Å². The first-order valence-corrected chi connectivity index (χ1v) is 8.97. The zero-order valence-electron chi connectivity index (χ0n) is 13.4. The summed E-state index contributed by atoms with van der Waals surface area (Å²) in [6.45, 7) is 7.66. The molecule has 4 nitrogen and oxygen atoms in total. The SMILES string of the molecule is Cc1ccc(NC(=S)NCCCn2nc(C)c(Br)c2C)cc1Cl. The molecule has 1 aromatic heterocycles. The first-order chi connectivity index (χ1) is 10.9. The van der Waals surface area contributed by atoms with Gasteiger partial charge in [-0.2, -0.15) is 5.10 Å². The van der Waals surface area contributed by atoms with Gasteiger partial charge in [0.15, 0.2) is 5.11 Å². The third-order valence-corrected chi connectivity index (χ3v) is 5.36. The van der Waals surface area contributed by atoms with E-state index in [1.54, 1.807) is 0 Å². The molecule has 2 rings (SSSR count). The maximum Gasteiger partial charge on any atom is 0.170 e. The molecule has 0 radical (unpaired) electrons. The highest BCUT2D eigenvalue weighted by Gasteiger charge is 2.08. The molecule has 23 heavy (non-hydrogen) atoms. The van der Waals surface area contributed by atoms with Crippen molar-refractivity contribution in [1.82, 2.24) is 15.1 Å². The van der Waals surface area contributed by atoms with Gasteiger partial charge >= 0.3 is 0 Å². The fourth-order valence-electron chi connectivity index (χ4n) is 2.17. The van der Waals surface area contributed by atoms with Crippen LogP contribution in [-0.2, 0) is 6.54 Å². The van der Waals surface area contributed by atoms with Crippen LogP contribution in [0, 0.1) is 20.8 Å². The van der Waals surface area contributed by atoms with Gasteiger partial charge in [0.05, 0.1) is 10.2 Å². The van der Waals surface area contributed by atoms with Gasteiger partial charge < -0.3 is 10.6 Å². The monoisotopic (exact) mass is 414 g/mol. The molecule has 0 fully saturated rings. The van der Waals surface area contributed by atoms with Crippen LogP contribution in [0.25, 0.3) is 0 Å². The molecule has 7 heteroatoms. The van der Waals surface area contributed by atoms with E-state index in [-0.39, 0.29) is 0 Å². The van der Waals surface area contributed by atoms with Crippen molar-refractivity contribution in [2.24, 2.45) is 0 Å². The minimum Gasteiger partial charge on any atom is -0.362 e. The van der Waals surface area contributed by atoms with Crippen LogP contribution >= 0.6 is 39.7 Å². The van der Waals surface area contributed by atoms with E-state index in [0.717, 1.165) is 51.6 Å². The summed E-state index contributed by atoms with van der Waals surface area (Å²) < 4.78 is 3.09. The van der Waals surface area contributed by atoms with Gasteiger partial charge in [0.25, 0.3) is 0 Å². The molecule has 2 N–H and O–H groups in total. The van der Waals surface area contributed by atoms with E-state index in [0.29, 0.717) is 5.11 Å². The zero-order chi connectivity index (χ0) is 17.0. The molecule has 1 aromatic carbocycles. The Hall–Kier alpha value is -1.11. The Morgan fingerprint density at radius 3 is 2.70 bits per heavy atom. The van der Waals surface area contributed by atoms with Gasteiger partial charge in [0.2, 0.25) is 0 Å². The molecular weight excluding hydrogens is 396 g/mol. The number of nitrogens with zero attached hydrogens (tertiary/aromatic N) is 2. The normalized spacial score (nSPS) is 10.7. The third-order valence-electron chi connectivity index (χ3n) is 3.56. The lowest BCUT2D eigenvalue weighted by Crippen LogP contribution is -2.29. The number of aryl methyl sites for hydroxylation is 3. The lowest BCUT2D eigenvalue weighted by Gasteiger charge is -2.11. The molecule has 0 amide bonds. The smallest absolute Gasteiger partial charge is 0.170 e. The van der Waals surface area contributed by atoms with Crippen LogP contribution in [-0.4, -0.2) is 21.4 Å². The highest BCUT2D eigenvalue weighted by Crippen LogP contribution is 2.20. The zero-order valence-corrected chi connectivity index (χ0v) is 16.6. The maximum absolute atomic E-state index is 6.10. The van der Waals surface area contributed by atoms with Crippen LogP contribution in [0.4, 0.5) is 5.69 Å². The predicted octanol–water partition coefficient (Wildman–Crippen LogP) is 4.60. The van der Waals surface area contributed by atoms with Crippen LogP contribution in [0.3, 0.4) is 0 Å². The van der Waals surface area contributed by atoms with Crippen LogP contribution in [0.5, 0.6) is 0 Å². The molecule has 0 atom stereocenters. The molecule has 0 bridgehead atoms. The van der Waals surface area contributed by atoms with E-state index in [9.17, 15) is 0 Å². The van der Waals surface area contributed by atoms with E-state index >= 15 is 0 Å². The van der Waals surface area contributed by atoms with Gasteiger partial charge in [-0.1, -0.05) is 17.7 Å². The van der Waals surface area contributed by atoms with Crippen LogP contribution < -0.4 is 10.6 Å². The summed E-state index contributed by atoms with van der Waals surface area (Å²) in [5.74, 6) is 0. The van der Waals surface area contributed by atoms with Gasteiger partial charge in [-0.15, -0.1) is 0 Å². The minimum atomic E-state index is 0.597. The second kappa shape index (κ2) is 8.13. The predicted molar refractivity (Wildman–Crippen MR) is 104 cm³/mol. The molecule has 0 saturated heterocycles. The summed E-state index contributed by atoms with van der Waals surface area (Å²) in [7, 11) is 0. The third kappa shape index (κ3) is 4.93. The minimum absolute atomic E-state index is 0.597. The Morgan fingerprint density at radius 1 is 1.35 bits per heavy atom. The average molecular weight is 416 g/mol. The summed E-state index contributed by atoms with van der Waals surface area (Å²) in [4.78, 5) is 0. The Bertz CT molecular complexity index is 714. The molecule has 0 aliphatic carbocycles. The Morgan fingerprint density at radius 2 is 2.09 bits per heavy atom. The molecule has 124 valence electrons. The van der Waals surface area contributed by atoms with Crippen molar-refractivity contribution in [2.75, 3.05) is 11.9 Å². The Balaban J connectivity index is 1.76. The molecule has 0 saturated carbocycles. The van der Waals surface area contributed by atoms with E-state index in [2.05, 4.69) is 38.6 Å². The van der Waals surface area contributed by atoms with Gasteiger partial charge in [0.1, 0.15) is 0 Å². The highest BCUT2D eigenvalue weighted by atomic mass is 79.9. The number of aromatic nitrogens is 2. The van der Waals surface area contributed by atoms with Crippen molar-refractivity contribution in [1.29, 1.82) is 0 Å². The van der Waals surface area contributed by atoms with Crippen molar-refractivity contribution < 1.29 is 0 Å². The Kier molecular flexibility index (Phi) is 6.44. The number of hydrogen-bond donors (Lipinski definition) is 2. The molecule has 0 spiro atoms. The van der Waals surface area contributed by atoms with Gasteiger partial charge in [0, 0.05) is 29.5 Å². The number of thiocarbonyl (C=S) groups is 1. The standard InChI is InChI=1S/C16H20BrClN4S/c1-10-5-6-13(9-14(10)18)20-16(23)19-7-4-8-22-12(3)15(17)11(2)21-22/h5-6,9H,4,7-8H2,1-3H3,(H2,19,20,23). The lowest BCUT2D eigenvalue weighted by atomic mass is 10.2. The fraction of sp³-hybridized carbons (Fsp3) is 0.375. The van der Waals surface area contributed by atoms with Crippen LogP contribution in [0.2, 0.25) is 5.02 Å². The van der Waals surface area contributed by atoms with Crippen molar-refractivity contribution in [3.8, 4) is 0 Å². The van der Waals surface area contributed by atoms with E-state index in [4.69, 9.17) is 23.8 Å². The second-order valence-corrected chi connectivity index (χ2v) is 7.01. The summed E-state index contributed by atoms with van der Waals surface area (Å²) >= 11 is 14.9. The van der Waals surface area contributed by atoms with Crippen LogP contribution in [0.1, 0.15) is 23.4 Å². The van der Waals surface area contributed by atoms with Gasteiger partial charge in [-0.05, 0) is 73.0 Å². The van der Waals surface area contributed by atoms with E-state index in [1.807, 2.05) is 36.7 Å². The number of benzene rings is 1. The van der Waals surface area contributed by atoms with E-state index in [1.165, 1.54) is 0 Å². The first kappa shape index (κ1) is 18.2. The molecular formula is C16H20BrClN4S. The molecule has 0 aliphatic heterocycles. The topological polar surface area (TPSA) is 41.9 Å². The number of hydrogen-bond acceptors (Lipinski definition) is 2. The second-order valence-electron chi connectivity index (χ2n) is 5.41. The fourth-order valence-corrected chi connectivity index (χ4v) is 2.85. The number of halogens is 2. The van der Waals surface area contributed by atoms with Crippen molar-refractivity contribution in [3.63, 3.8) is 0 Å². The van der Waals surface area contributed by atoms with E-state index < -0.39 is 0 Å².